The summed E-state index contributed by atoms with van der Waals surface area (Å²) in [7, 11) is 0. The summed E-state index contributed by atoms with van der Waals surface area (Å²) in [5, 5.41) is 2.48. The van der Waals surface area contributed by atoms with Crippen molar-refractivity contribution < 1.29 is 9.53 Å². The fourth-order valence-electron chi connectivity index (χ4n) is 3.54. The van der Waals surface area contributed by atoms with Crippen LogP contribution in [0.1, 0.15) is 20.8 Å². The molecule has 0 radical (unpaired) electrons. The van der Waals surface area contributed by atoms with Gasteiger partial charge >= 0.3 is 5.97 Å². The highest BCUT2D eigenvalue weighted by Gasteiger charge is 2.19. The lowest BCUT2D eigenvalue weighted by Gasteiger charge is -2.26. The van der Waals surface area contributed by atoms with Crippen molar-refractivity contribution in [2.45, 2.75) is 33.4 Å². The Kier molecular flexibility index (Phi) is 5.39. The molecule has 1 heterocycles. The zero-order valence-electron chi connectivity index (χ0n) is 15.2. The Hall–Kier alpha value is -2.33. The molecule has 0 saturated heterocycles. The van der Waals surface area contributed by atoms with Crippen molar-refractivity contribution in [1.29, 1.82) is 0 Å². The monoisotopic (exact) mass is 338 g/mol. The van der Waals surface area contributed by atoms with Crippen molar-refractivity contribution in [2.24, 2.45) is 0 Å². The quantitative estimate of drug-likeness (QED) is 0.609. The van der Waals surface area contributed by atoms with Crippen molar-refractivity contribution in [3.63, 3.8) is 0 Å². The Labute approximate surface area is 149 Å². The summed E-state index contributed by atoms with van der Waals surface area (Å²) < 4.78 is 7.93. The van der Waals surface area contributed by atoms with E-state index in [2.05, 4.69) is 71.8 Å². The molecule has 0 aliphatic carbocycles. The van der Waals surface area contributed by atoms with Crippen molar-refractivity contribution in [3.05, 3.63) is 48.5 Å². The number of nitrogens with zero attached hydrogens (tertiary/aromatic N) is 2. The van der Waals surface area contributed by atoms with Gasteiger partial charge in [0.25, 0.3) is 0 Å². The average molecular weight is 338 g/mol. The van der Waals surface area contributed by atoms with Crippen LogP contribution < -0.4 is 0 Å². The minimum atomic E-state index is -0.224. The molecule has 0 saturated carbocycles. The zero-order chi connectivity index (χ0) is 17.8. The SMILES string of the molecule is CCN(CC)C[C@H](Cn1c2ccccc2c2ccccc21)OC(C)=O. The second kappa shape index (κ2) is 7.70. The van der Waals surface area contributed by atoms with E-state index in [9.17, 15) is 4.79 Å². The molecule has 0 amide bonds. The van der Waals surface area contributed by atoms with Crippen LogP contribution >= 0.6 is 0 Å². The van der Waals surface area contributed by atoms with E-state index in [-0.39, 0.29) is 12.1 Å². The van der Waals surface area contributed by atoms with E-state index in [0.29, 0.717) is 6.54 Å². The Bertz CT molecular complexity index is 811. The van der Waals surface area contributed by atoms with Gasteiger partial charge < -0.3 is 14.2 Å². The summed E-state index contributed by atoms with van der Waals surface area (Å²) in [5.74, 6) is -0.224. The maximum Gasteiger partial charge on any atom is 0.303 e. The largest absolute Gasteiger partial charge is 0.459 e. The molecule has 0 fully saturated rings. The third kappa shape index (κ3) is 3.69. The van der Waals surface area contributed by atoms with Crippen LogP contribution in [0.15, 0.2) is 48.5 Å². The Balaban J connectivity index is 2.01. The van der Waals surface area contributed by atoms with E-state index in [4.69, 9.17) is 4.74 Å². The predicted molar refractivity (Wildman–Crippen MR) is 103 cm³/mol. The number of hydrogen-bond acceptors (Lipinski definition) is 3. The van der Waals surface area contributed by atoms with E-state index < -0.39 is 0 Å². The van der Waals surface area contributed by atoms with Gasteiger partial charge in [0.15, 0.2) is 0 Å². The maximum atomic E-state index is 11.6. The number of benzene rings is 2. The fourth-order valence-corrected chi connectivity index (χ4v) is 3.54. The average Bonchev–Trinajstić information content (AvgIpc) is 2.93. The van der Waals surface area contributed by atoms with Gasteiger partial charge in [-0.05, 0) is 25.2 Å². The number of aromatic nitrogens is 1. The van der Waals surface area contributed by atoms with Crippen LogP contribution in [-0.4, -0.2) is 41.2 Å². The first-order valence-electron chi connectivity index (χ1n) is 8.99. The fraction of sp³-hybridized carbons (Fsp3) is 0.381. The number of likely N-dealkylation sites (N-methyl/N-ethyl adjacent to an activating group) is 1. The summed E-state index contributed by atoms with van der Waals surface area (Å²) in [6.45, 7) is 9.05. The van der Waals surface area contributed by atoms with Gasteiger partial charge in [0.1, 0.15) is 6.10 Å². The number of hydrogen-bond donors (Lipinski definition) is 0. The maximum absolute atomic E-state index is 11.6. The number of rotatable bonds is 7. The van der Waals surface area contributed by atoms with Crippen molar-refractivity contribution in [3.8, 4) is 0 Å². The smallest absolute Gasteiger partial charge is 0.303 e. The van der Waals surface area contributed by atoms with E-state index in [1.54, 1.807) is 0 Å². The van der Waals surface area contributed by atoms with E-state index in [1.165, 1.54) is 28.7 Å². The van der Waals surface area contributed by atoms with Gasteiger partial charge in [-0.2, -0.15) is 0 Å². The number of fused-ring (bicyclic) bond motifs is 3. The molecule has 1 aromatic heterocycles. The van der Waals surface area contributed by atoms with Gasteiger partial charge in [-0.15, -0.1) is 0 Å². The van der Waals surface area contributed by atoms with Crippen LogP contribution in [0, 0.1) is 0 Å². The molecule has 0 aliphatic heterocycles. The van der Waals surface area contributed by atoms with Gasteiger partial charge in [-0.1, -0.05) is 50.2 Å². The van der Waals surface area contributed by atoms with Crippen LogP contribution in [0.3, 0.4) is 0 Å². The van der Waals surface area contributed by atoms with Gasteiger partial charge in [0.05, 0.1) is 6.54 Å². The zero-order valence-corrected chi connectivity index (χ0v) is 15.2. The standard InChI is InChI=1S/C21H26N2O2/c1-4-22(5-2)14-17(25-16(3)24)15-23-20-12-8-6-10-18(20)19-11-7-9-13-21(19)23/h6-13,17H,4-5,14-15H2,1-3H3/t17-/m1/s1. The summed E-state index contributed by atoms with van der Waals surface area (Å²) >= 11 is 0. The first-order valence-corrected chi connectivity index (χ1v) is 8.99. The minimum absolute atomic E-state index is 0.170. The summed E-state index contributed by atoms with van der Waals surface area (Å²) in [6.07, 6.45) is -0.170. The summed E-state index contributed by atoms with van der Waals surface area (Å²) in [4.78, 5) is 13.9. The van der Waals surface area contributed by atoms with Crippen LogP contribution in [0.5, 0.6) is 0 Å². The molecule has 0 unspecified atom stereocenters. The van der Waals surface area contributed by atoms with E-state index in [1.807, 2.05) is 0 Å². The Morgan fingerprint density at radius 1 is 1.00 bits per heavy atom. The number of carbonyl (C=O) groups excluding carboxylic acids is 1. The highest BCUT2D eigenvalue weighted by molar-refractivity contribution is 6.07. The van der Waals surface area contributed by atoms with Gasteiger partial charge in [-0.25, -0.2) is 0 Å². The predicted octanol–water partition coefficient (Wildman–Crippen LogP) is 4.07. The molecule has 0 N–H and O–H groups in total. The Morgan fingerprint density at radius 2 is 1.52 bits per heavy atom. The lowest BCUT2D eigenvalue weighted by Crippen LogP contribution is -2.37. The molecular weight excluding hydrogens is 312 g/mol. The number of ether oxygens (including phenoxy) is 1. The molecule has 0 spiro atoms. The second-order valence-electron chi connectivity index (χ2n) is 6.36. The van der Waals surface area contributed by atoms with E-state index >= 15 is 0 Å². The van der Waals surface area contributed by atoms with Crippen molar-refractivity contribution in [2.75, 3.05) is 19.6 Å². The van der Waals surface area contributed by atoms with Gasteiger partial charge in [-0.3, -0.25) is 4.79 Å². The molecule has 1 atom stereocenters. The highest BCUT2D eigenvalue weighted by Crippen LogP contribution is 2.29. The molecular formula is C21H26N2O2. The van der Waals surface area contributed by atoms with Crippen molar-refractivity contribution in [1.82, 2.24) is 9.47 Å². The molecule has 132 valence electrons. The van der Waals surface area contributed by atoms with E-state index in [0.717, 1.165) is 19.6 Å². The van der Waals surface area contributed by atoms with Crippen LogP contribution in [0.25, 0.3) is 21.8 Å². The van der Waals surface area contributed by atoms with Crippen LogP contribution in [0.2, 0.25) is 0 Å². The summed E-state index contributed by atoms with van der Waals surface area (Å²) in [6, 6.07) is 16.8. The number of carbonyl (C=O) groups is 1. The third-order valence-electron chi connectivity index (χ3n) is 4.75. The molecule has 4 heteroatoms. The molecule has 0 bridgehead atoms. The first kappa shape index (κ1) is 17.5. The highest BCUT2D eigenvalue weighted by atomic mass is 16.5. The molecule has 3 rings (SSSR count). The molecule has 3 aromatic rings. The van der Waals surface area contributed by atoms with Crippen LogP contribution in [0.4, 0.5) is 0 Å². The number of esters is 1. The second-order valence-corrected chi connectivity index (χ2v) is 6.36. The van der Waals surface area contributed by atoms with Crippen molar-refractivity contribution >= 4 is 27.8 Å². The lowest BCUT2D eigenvalue weighted by molar-refractivity contribution is -0.147. The first-order chi connectivity index (χ1) is 12.1. The lowest BCUT2D eigenvalue weighted by atomic mass is 10.2. The third-order valence-corrected chi connectivity index (χ3v) is 4.75. The topological polar surface area (TPSA) is 34.5 Å². The molecule has 25 heavy (non-hydrogen) atoms. The normalized spacial score (nSPS) is 12.8. The summed E-state index contributed by atoms with van der Waals surface area (Å²) in [5.41, 5.74) is 2.36. The molecule has 2 aromatic carbocycles. The molecule has 0 aliphatic rings. The van der Waals surface area contributed by atoms with Gasteiger partial charge in [0.2, 0.25) is 0 Å². The molecule has 4 nitrogen and oxygen atoms in total. The number of para-hydroxylation sites is 2. The minimum Gasteiger partial charge on any atom is -0.459 e. The van der Waals surface area contributed by atoms with Gasteiger partial charge in [0, 0.05) is 35.3 Å². The van der Waals surface area contributed by atoms with Crippen LogP contribution in [-0.2, 0) is 16.1 Å². The Morgan fingerprint density at radius 3 is 2.00 bits per heavy atom.